The highest BCUT2D eigenvalue weighted by Gasteiger charge is 2.71. The van der Waals surface area contributed by atoms with Crippen LogP contribution in [0.25, 0.3) is 6.08 Å². The van der Waals surface area contributed by atoms with E-state index in [1.165, 1.54) is 37.7 Å². The van der Waals surface area contributed by atoms with Crippen molar-refractivity contribution in [3.8, 4) is 5.75 Å². The van der Waals surface area contributed by atoms with Crippen LogP contribution in [0.4, 0.5) is 0 Å². The number of allylic oxidation sites excluding steroid dienone is 1. The summed E-state index contributed by atoms with van der Waals surface area (Å²) in [4.78, 5) is 13.0. The van der Waals surface area contributed by atoms with Crippen LogP contribution in [0.3, 0.4) is 0 Å². The van der Waals surface area contributed by atoms with Crippen LogP contribution in [-0.2, 0) is 9.53 Å². The van der Waals surface area contributed by atoms with E-state index >= 15 is 0 Å². The van der Waals surface area contributed by atoms with Gasteiger partial charge in [0.05, 0.1) is 19.8 Å². The molecule has 5 aliphatic rings. The Labute approximate surface area is 267 Å². The lowest BCUT2D eigenvalue weighted by Gasteiger charge is -2.73. The van der Waals surface area contributed by atoms with Gasteiger partial charge in [0.25, 0.3) is 0 Å². The molecule has 1 N–H and O–H groups in total. The molecule has 0 amide bonds. The van der Waals surface area contributed by atoms with Crippen LogP contribution in [0.15, 0.2) is 42.5 Å². The van der Waals surface area contributed by atoms with E-state index in [0.29, 0.717) is 36.2 Å². The van der Waals surface area contributed by atoms with Gasteiger partial charge in [0.1, 0.15) is 5.75 Å². The third-order valence-corrected chi connectivity index (χ3v) is 15.2. The average molecular weight is 603 g/mol. The van der Waals surface area contributed by atoms with Crippen molar-refractivity contribution in [2.75, 3.05) is 13.7 Å². The van der Waals surface area contributed by atoms with Crippen molar-refractivity contribution in [3.63, 3.8) is 0 Å². The molecule has 5 aliphatic carbocycles. The first-order valence-electron chi connectivity index (χ1n) is 17.5. The molecule has 4 nitrogen and oxygen atoms in total. The third-order valence-electron chi connectivity index (χ3n) is 15.2. The van der Waals surface area contributed by atoms with Crippen LogP contribution in [0, 0.1) is 56.7 Å². The predicted molar refractivity (Wildman–Crippen MR) is 178 cm³/mol. The van der Waals surface area contributed by atoms with Gasteiger partial charge in [-0.25, -0.2) is 4.79 Å². The summed E-state index contributed by atoms with van der Waals surface area (Å²) < 4.78 is 11.4. The smallest absolute Gasteiger partial charge is 0.330 e. The van der Waals surface area contributed by atoms with Crippen LogP contribution < -0.4 is 4.74 Å². The Morgan fingerprint density at radius 3 is 2.32 bits per heavy atom. The summed E-state index contributed by atoms with van der Waals surface area (Å²) in [5, 5.41) is 11.0. The van der Waals surface area contributed by atoms with E-state index < -0.39 is 0 Å². The van der Waals surface area contributed by atoms with Crippen LogP contribution in [-0.4, -0.2) is 30.9 Å². The number of carbonyl (C=O) groups excluding carboxylic acids is 1. The van der Waals surface area contributed by atoms with Gasteiger partial charge in [-0.1, -0.05) is 58.9 Å². The van der Waals surface area contributed by atoms with E-state index in [2.05, 4.69) is 48.1 Å². The minimum atomic E-state index is -0.245. The van der Waals surface area contributed by atoms with Gasteiger partial charge in [-0.3, -0.25) is 0 Å². The number of ether oxygens (including phenoxy) is 2. The maximum absolute atomic E-state index is 13.0. The van der Waals surface area contributed by atoms with Crippen molar-refractivity contribution < 1.29 is 19.4 Å². The predicted octanol–water partition coefficient (Wildman–Crippen LogP) is 9.27. The summed E-state index contributed by atoms with van der Waals surface area (Å²) in [5.41, 5.74) is 3.13. The Kier molecular flexibility index (Phi) is 7.99. The van der Waals surface area contributed by atoms with E-state index in [-0.39, 0.29) is 39.1 Å². The lowest BCUT2D eigenvalue weighted by atomic mass is 9.32. The van der Waals surface area contributed by atoms with Crippen LogP contribution in [0.1, 0.15) is 111 Å². The van der Waals surface area contributed by atoms with Gasteiger partial charge in [-0.15, -0.1) is 0 Å². The second-order valence-electron chi connectivity index (χ2n) is 17.1. The number of aliphatic hydroxyl groups is 1. The molecule has 0 aliphatic heterocycles. The summed E-state index contributed by atoms with van der Waals surface area (Å²) in [6.07, 6.45) is 15.0. The molecule has 0 aromatic heterocycles. The maximum atomic E-state index is 13.0. The number of carbonyl (C=O) groups is 1. The quantitative estimate of drug-likeness (QED) is 0.200. The van der Waals surface area contributed by atoms with E-state index in [1.54, 1.807) is 13.2 Å². The molecule has 10 atom stereocenters. The fourth-order valence-electron chi connectivity index (χ4n) is 12.7. The maximum Gasteiger partial charge on any atom is 0.330 e. The molecule has 0 unspecified atom stereocenters. The molecule has 0 spiro atoms. The molecule has 5 saturated carbocycles. The number of hydrogen-bond donors (Lipinski definition) is 1. The van der Waals surface area contributed by atoms with Gasteiger partial charge >= 0.3 is 5.97 Å². The molecule has 242 valence electrons. The molecule has 44 heavy (non-hydrogen) atoms. The van der Waals surface area contributed by atoms with Gasteiger partial charge in [0.2, 0.25) is 0 Å². The zero-order valence-corrected chi connectivity index (χ0v) is 28.6. The Hall–Kier alpha value is -2.07. The van der Waals surface area contributed by atoms with Crippen molar-refractivity contribution in [1.29, 1.82) is 0 Å². The second-order valence-corrected chi connectivity index (χ2v) is 17.1. The van der Waals surface area contributed by atoms with E-state index in [9.17, 15) is 9.90 Å². The summed E-state index contributed by atoms with van der Waals surface area (Å²) in [7, 11) is 1.66. The monoisotopic (exact) mass is 602 g/mol. The van der Waals surface area contributed by atoms with E-state index in [1.807, 2.05) is 30.3 Å². The molecule has 5 fully saturated rings. The summed E-state index contributed by atoms with van der Waals surface area (Å²) in [6, 6.07) is 7.72. The highest BCUT2D eigenvalue weighted by atomic mass is 16.5. The number of esters is 1. The minimum absolute atomic E-state index is 0.0179. The highest BCUT2D eigenvalue weighted by molar-refractivity contribution is 5.87. The molecule has 1 aromatic carbocycles. The number of benzene rings is 1. The molecule has 0 heterocycles. The number of fused-ring (bicyclic) bond motifs is 7. The summed E-state index contributed by atoms with van der Waals surface area (Å²) >= 11 is 0. The molecule has 4 heteroatoms. The van der Waals surface area contributed by atoms with Gasteiger partial charge in [-0.2, -0.15) is 0 Å². The van der Waals surface area contributed by atoms with Crippen molar-refractivity contribution in [3.05, 3.63) is 48.1 Å². The zero-order valence-electron chi connectivity index (χ0n) is 28.6. The van der Waals surface area contributed by atoms with Crippen LogP contribution in [0.5, 0.6) is 5.75 Å². The van der Waals surface area contributed by atoms with Crippen molar-refractivity contribution >= 4 is 12.0 Å². The lowest BCUT2D eigenvalue weighted by molar-refractivity contribution is -0.249. The lowest BCUT2D eigenvalue weighted by Crippen LogP contribution is -2.66. The molecule has 0 radical (unpaired) electrons. The molecular formula is C40H58O4. The van der Waals surface area contributed by atoms with Gasteiger partial charge in [0.15, 0.2) is 0 Å². The Morgan fingerprint density at radius 1 is 0.909 bits per heavy atom. The molecular weight excluding hydrogens is 544 g/mol. The van der Waals surface area contributed by atoms with Gasteiger partial charge in [0, 0.05) is 11.5 Å². The Bertz CT molecular complexity index is 1290. The Morgan fingerprint density at radius 2 is 1.64 bits per heavy atom. The van der Waals surface area contributed by atoms with Gasteiger partial charge < -0.3 is 14.6 Å². The first kappa shape index (κ1) is 31.9. The summed E-state index contributed by atoms with van der Waals surface area (Å²) in [5.74, 6) is 3.48. The number of rotatable bonds is 6. The minimum Gasteiger partial charge on any atom is -0.497 e. The first-order valence-corrected chi connectivity index (χ1v) is 17.5. The fraction of sp³-hybridized carbons (Fsp3) is 0.725. The Balaban J connectivity index is 1.25. The summed E-state index contributed by atoms with van der Waals surface area (Å²) in [6.45, 7) is 19.9. The standard InChI is InChI=1S/C40H58O4/c1-26(2)29-17-22-40(25-44-34(42)16-11-27-9-12-28(43-8)13-10-27)24-23-38(6)30(35(29)40)14-15-32-37(5)20-19-33(41)36(3,4)31(37)18-21-39(32,38)7/h9-13,16,29-33,35,41H,1,14-15,17-25H2,2-8H3/b16-11+/t29-,30+,31-,32+,33-,35+,37+,38+,39+,40+/m0/s1. The molecule has 6 rings (SSSR count). The number of hydrogen-bond acceptors (Lipinski definition) is 4. The zero-order chi connectivity index (χ0) is 31.7. The van der Waals surface area contributed by atoms with E-state index in [4.69, 9.17) is 9.47 Å². The number of aliphatic hydroxyl groups excluding tert-OH is 1. The highest BCUT2D eigenvalue weighted by Crippen LogP contribution is 2.77. The second kappa shape index (κ2) is 11.0. The van der Waals surface area contributed by atoms with Crippen molar-refractivity contribution in [2.45, 2.75) is 112 Å². The number of methoxy groups -OCH3 is 1. The molecule has 0 bridgehead atoms. The first-order chi connectivity index (χ1) is 20.7. The van der Waals surface area contributed by atoms with Crippen LogP contribution in [0.2, 0.25) is 0 Å². The third kappa shape index (κ3) is 4.66. The van der Waals surface area contributed by atoms with Crippen molar-refractivity contribution in [1.82, 2.24) is 0 Å². The van der Waals surface area contributed by atoms with Crippen molar-refractivity contribution in [2.24, 2.45) is 56.7 Å². The molecule has 0 saturated heterocycles. The SMILES string of the molecule is C=C(C)[C@@H]1CC[C@]2(COC(=O)/C=C/c3ccc(OC)cc3)CC[C@]3(C)[C@H](CC[C@@H]4[C@]5(C)CC[C@H](O)C(C)(C)[C@@H]5CC[C@]43C)[C@@H]12. The average Bonchev–Trinajstić information content (AvgIpc) is 3.38. The molecule has 1 aromatic rings. The van der Waals surface area contributed by atoms with E-state index in [0.717, 1.165) is 43.4 Å². The van der Waals surface area contributed by atoms with Gasteiger partial charge in [-0.05, 0) is 146 Å². The largest absolute Gasteiger partial charge is 0.497 e. The normalized spacial score (nSPS) is 44.2. The van der Waals surface area contributed by atoms with Crippen LogP contribution >= 0.6 is 0 Å². The topological polar surface area (TPSA) is 55.8 Å². The fourth-order valence-corrected chi connectivity index (χ4v) is 12.7.